The Labute approximate surface area is 134 Å². The van der Waals surface area contributed by atoms with E-state index in [2.05, 4.69) is 55.3 Å². The summed E-state index contributed by atoms with van der Waals surface area (Å²) >= 11 is 0. The van der Waals surface area contributed by atoms with E-state index in [-0.39, 0.29) is 11.3 Å². The molecule has 120 valence electrons. The molecule has 0 unspecified atom stereocenters. The van der Waals surface area contributed by atoms with E-state index in [1.165, 1.54) is 11.3 Å². The van der Waals surface area contributed by atoms with Crippen LogP contribution in [0.25, 0.3) is 0 Å². The highest BCUT2D eigenvalue weighted by Crippen LogP contribution is 2.30. The molecule has 2 fully saturated rings. The maximum absolute atomic E-state index is 11.8. The summed E-state index contributed by atoms with van der Waals surface area (Å²) in [5.74, 6) is 0.607. The van der Waals surface area contributed by atoms with Gasteiger partial charge in [0, 0.05) is 30.7 Å². The Morgan fingerprint density at radius 1 is 1.05 bits per heavy atom. The zero-order chi connectivity index (χ0) is 15.7. The van der Waals surface area contributed by atoms with Crippen molar-refractivity contribution in [3.05, 3.63) is 29.8 Å². The van der Waals surface area contributed by atoms with Crippen LogP contribution < -0.4 is 10.2 Å². The molecule has 0 bridgehead atoms. The van der Waals surface area contributed by atoms with Crippen LogP contribution in [0.15, 0.2) is 24.3 Å². The Balaban J connectivity index is 1.53. The van der Waals surface area contributed by atoms with Crippen LogP contribution in [0.3, 0.4) is 0 Å². The van der Waals surface area contributed by atoms with E-state index in [1.807, 2.05) is 0 Å². The second-order valence-electron chi connectivity index (χ2n) is 7.84. The first-order valence-electron chi connectivity index (χ1n) is 8.59. The molecule has 3 nitrogen and oxygen atoms in total. The van der Waals surface area contributed by atoms with Gasteiger partial charge in [0.2, 0.25) is 5.91 Å². The molecule has 1 saturated heterocycles. The van der Waals surface area contributed by atoms with Crippen molar-refractivity contribution in [3.63, 3.8) is 0 Å². The number of carbonyl (C=O) groups is 1. The van der Waals surface area contributed by atoms with E-state index in [1.54, 1.807) is 0 Å². The van der Waals surface area contributed by atoms with Crippen LogP contribution in [0, 0.1) is 5.92 Å². The number of piperidine rings is 1. The molecule has 0 aromatic heterocycles. The second-order valence-corrected chi connectivity index (χ2v) is 7.84. The van der Waals surface area contributed by atoms with Crippen molar-refractivity contribution in [2.45, 2.75) is 57.9 Å². The highest BCUT2D eigenvalue weighted by atomic mass is 16.2. The molecule has 22 heavy (non-hydrogen) atoms. The van der Waals surface area contributed by atoms with Crippen LogP contribution in [-0.2, 0) is 10.2 Å². The molecule has 0 radical (unpaired) electrons. The van der Waals surface area contributed by atoms with Gasteiger partial charge in [-0.3, -0.25) is 4.79 Å². The molecule has 1 aromatic carbocycles. The van der Waals surface area contributed by atoms with Gasteiger partial charge in [-0.25, -0.2) is 0 Å². The van der Waals surface area contributed by atoms with Gasteiger partial charge in [0.15, 0.2) is 0 Å². The fourth-order valence-electron chi connectivity index (χ4n) is 3.12. The molecule has 1 saturated carbocycles. The van der Waals surface area contributed by atoms with Crippen molar-refractivity contribution in [3.8, 4) is 0 Å². The molecule has 1 amide bonds. The lowest BCUT2D eigenvalue weighted by atomic mass is 9.87. The van der Waals surface area contributed by atoms with Gasteiger partial charge in [-0.1, -0.05) is 32.9 Å². The largest absolute Gasteiger partial charge is 0.371 e. The molecule has 1 heterocycles. The summed E-state index contributed by atoms with van der Waals surface area (Å²) < 4.78 is 0. The standard InChI is InChI=1S/C19H28N2O/c1-19(2,3)15-6-8-17(9-7-15)21-12-10-16(11-13-21)20-18(22)14-4-5-14/h6-9,14,16H,4-5,10-13H2,1-3H3,(H,20,22). The molecule has 0 atom stereocenters. The van der Waals surface area contributed by atoms with E-state index >= 15 is 0 Å². The van der Waals surface area contributed by atoms with Crippen LogP contribution in [0.4, 0.5) is 5.69 Å². The van der Waals surface area contributed by atoms with Crippen LogP contribution in [-0.4, -0.2) is 25.0 Å². The predicted molar refractivity (Wildman–Crippen MR) is 91.2 cm³/mol. The highest BCUT2D eigenvalue weighted by Gasteiger charge is 2.31. The van der Waals surface area contributed by atoms with E-state index in [0.29, 0.717) is 12.0 Å². The van der Waals surface area contributed by atoms with Crippen LogP contribution in [0.5, 0.6) is 0 Å². The lowest BCUT2D eigenvalue weighted by Gasteiger charge is -2.34. The van der Waals surface area contributed by atoms with E-state index in [9.17, 15) is 4.79 Å². The molecule has 1 aliphatic heterocycles. The monoisotopic (exact) mass is 300 g/mol. The molecule has 1 aromatic rings. The van der Waals surface area contributed by atoms with Gasteiger partial charge in [-0.05, 0) is 48.8 Å². The number of hydrogen-bond donors (Lipinski definition) is 1. The number of carbonyl (C=O) groups excluding carboxylic acids is 1. The Morgan fingerprint density at radius 3 is 2.14 bits per heavy atom. The smallest absolute Gasteiger partial charge is 0.223 e. The minimum atomic E-state index is 0.207. The number of hydrogen-bond acceptors (Lipinski definition) is 2. The van der Waals surface area contributed by atoms with Gasteiger partial charge in [0.25, 0.3) is 0 Å². The van der Waals surface area contributed by atoms with Crippen molar-refractivity contribution >= 4 is 11.6 Å². The molecule has 3 heteroatoms. The second kappa shape index (κ2) is 5.94. The van der Waals surface area contributed by atoms with Crippen LogP contribution in [0.2, 0.25) is 0 Å². The first-order valence-corrected chi connectivity index (χ1v) is 8.59. The number of amides is 1. The summed E-state index contributed by atoms with van der Waals surface area (Å²) in [4.78, 5) is 14.3. The Morgan fingerprint density at radius 2 is 1.64 bits per heavy atom. The molecule has 0 spiro atoms. The topological polar surface area (TPSA) is 32.3 Å². The summed E-state index contributed by atoms with van der Waals surface area (Å²) in [6.07, 6.45) is 4.29. The molecular formula is C19H28N2O. The Kier molecular flexibility index (Phi) is 4.16. The third-order valence-electron chi connectivity index (χ3n) is 4.89. The summed E-state index contributed by atoms with van der Waals surface area (Å²) in [6, 6.07) is 9.35. The summed E-state index contributed by atoms with van der Waals surface area (Å²) in [7, 11) is 0. The normalized spacial score (nSPS) is 20.0. The zero-order valence-electron chi connectivity index (χ0n) is 14.1. The molecule has 2 aliphatic rings. The van der Waals surface area contributed by atoms with Gasteiger partial charge in [0.1, 0.15) is 0 Å². The minimum absolute atomic E-state index is 0.207. The maximum atomic E-state index is 11.8. The minimum Gasteiger partial charge on any atom is -0.371 e. The Bertz CT molecular complexity index is 517. The van der Waals surface area contributed by atoms with Crippen molar-refractivity contribution in [1.29, 1.82) is 0 Å². The number of nitrogens with zero attached hydrogens (tertiary/aromatic N) is 1. The maximum Gasteiger partial charge on any atom is 0.223 e. The van der Waals surface area contributed by atoms with E-state index in [0.717, 1.165) is 38.8 Å². The lowest BCUT2D eigenvalue weighted by molar-refractivity contribution is -0.123. The summed E-state index contributed by atoms with van der Waals surface area (Å²) in [5, 5.41) is 3.22. The molecule has 1 N–H and O–H groups in total. The third-order valence-corrected chi connectivity index (χ3v) is 4.89. The lowest BCUT2D eigenvalue weighted by Crippen LogP contribution is -2.45. The van der Waals surface area contributed by atoms with Gasteiger partial charge >= 0.3 is 0 Å². The highest BCUT2D eigenvalue weighted by molar-refractivity contribution is 5.81. The number of rotatable bonds is 3. The van der Waals surface area contributed by atoms with E-state index in [4.69, 9.17) is 0 Å². The number of anilines is 1. The third kappa shape index (κ3) is 3.63. The quantitative estimate of drug-likeness (QED) is 0.927. The van der Waals surface area contributed by atoms with Crippen molar-refractivity contribution < 1.29 is 4.79 Å². The van der Waals surface area contributed by atoms with Crippen molar-refractivity contribution in [2.75, 3.05) is 18.0 Å². The molecular weight excluding hydrogens is 272 g/mol. The predicted octanol–water partition coefficient (Wildman–Crippen LogP) is 3.48. The molecule has 3 rings (SSSR count). The molecule has 1 aliphatic carbocycles. The average Bonchev–Trinajstić information content (AvgIpc) is 3.32. The first kappa shape index (κ1) is 15.4. The van der Waals surface area contributed by atoms with Crippen molar-refractivity contribution in [1.82, 2.24) is 5.32 Å². The van der Waals surface area contributed by atoms with Gasteiger partial charge in [0.05, 0.1) is 0 Å². The van der Waals surface area contributed by atoms with Crippen molar-refractivity contribution in [2.24, 2.45) is 5.92 Å². The van der Waals surface area contributed by atoms with E-state index < -0.39 is 0 Å². The summed E-state index contributed by atoms with van der Waals surface area (Å²) in [5.41, 5.74) is 2.89. The average molecular weight is 300 g/mol. The fraction of sp³-hybridized carbons (Fsp3) is 0.632. The fourth-order valence-corrected chi connectivity index (χ4v) is 3.12. The zero-order valence-corrected chi connectivity index (χ0v) is 14.1. The number of benzene rings is 1. The first-order chi connectivity index (χ1) is 10.4. The van der Waals surface area contributed by atoms with Crippen LogP contribution >= 0.6 is 0 Å². The van der Waals surface area contributed by atoms with Gasteiger partial charge in [-0.2, -0.15) is 0 Å². The SMILES string of the molecule is CC(C)(C)c1ccc(N2CCC(NC(=O)C3CC3)CC2)cc1. The van der Waals surface area contributed by atoms with Gasteiger partial charge in [-0.15, -0.1) is 0 Å². The number of nitrogens with one attached hydrogen (secondary N) is 1. The Hall–Kier alpha value is -1.51. The van der Waals surface area contributed by atoms with Crippen LogP contribution in [0.1, 0.15) is 52.0 Å². The van der Waals surface area contributed by atoms with Gasteiger partial charge < -0.3 is 10.2 Å². The summed E-state index contributed by atoms with van der Waals surface area (Å²) in [6.45, 7) is 8.80.